The predicted molar refractivity (Wildman–Crippen MR) is 11.4 cm³/mol. The van der Waals surface area contributed by atoms with Crippen LogP contribution in [0.4, 0.5) is 0 Å². The van der Waals surface area contributed by atoms with Gasteiger partial charge in [-0.15, -0.1) is 0 Å². The Kier molecular flexibility index (Phi) is 692. The zero-order valence-electron chi connectivity index (χ0n) is 4.52. The van der Waals surface area contributed by atoms with Crippen LogP contribution >= 0.6 is 0 Å². The van der Waals surface area contributed by atoms with Crippen LogP contribution in [0.3, 0.4) is 0 Å². The van der Waals surface area contributed by atoms with Gasteiger partial charge in [0.15, 0.2) is 0 Å². The molecular formula is C2Fe2Na2O2. The molecule has 2 nitrogen and oxygen atoms in total. The van der Waals surface area contributed by atoms with Gasteiger partial charge in [0, 0.05) is 0 Å². The number of hydrogen-bond acceptors (Lipinski definition) is 2. The molecule has 0 aliphatic rings. The van der Waals surface area contributed by atoms with Crippen LogP contribution in [0, 0.1) is 0 Å². The van der Waals surface area contributed by atoms with Gasteiger partial charge in [0.1, 0.15) is 0 Å². The fraction of sp³-hybridized carbons (Fsp3) is 0. The molecule has 0 bridgehead atoms. The summed E-state index contributed by atoms with van der Waals surface area (Å²) >= 11 is 0. The Balaban J connectivity index is -0.00000000167. The number of hydrogen-bond donors (Lipinski definition) is 0. The van der Waals surface area contributed by atoms with Gasteiger partial charge in [-0.05, 0) is 0 Å². The Morgan fingerprint density at radius 3 is 0.625 bits per heavy atom. The Morgan fingerprint density at radius 2 is 0.625 bits per heavy atom. The molecular weight excluding hydrogens is 214 g/mol. The van der Waals surface area contributed by atoms with Gasteiger partial charge in [0.05, 0.1) is 0 Å². The van der Waals surface area contributed by atoms with E-state index in [4.69, 9.17) is 9.59 Å². The van der Waals surface area contributed by atoms with Crippen LogP contribution in [-0.4, -0.2) is 13.6 Å². The molecule has 0 N–H and O–H groups in total. The van der Waals surface area contributed by atoms with E-state index >= 15 is 0 Å². The quantitative estimate of drug-likeness (QED) is 0.375. The monoisotopic (exact) mass is 214 g/mol. The minimum Gasteiger partial charge on any atom is -1.00 e. The average Bonchev–Trinajstić information content (AvgIpc) is 1.50. The summed E-state index contributed by atoms with van der Waals surface area (Å²) in [4.78, 5) is 15.0. The van der Waals surface area contributed by atoms with Crippen LogP contribution in [-0.2, 0) is 43.7 Å². The van der Waals surface area contributed by atoms with Crippen molar-refractivity contribution >= 4 is 13.6 Å². The van der Waals surface area contributed by atoms with E-state index in [0.717, 1.165) is 0 Å². The molecule has 0 fully saturated rings. The first-order valence-corrected chi connectivity index (χ1v) is 0.408. The van der Waals surface area contributed by atoms with E-state index in [0.29, 0.717) is 0 Å². The van der Waals surface area contributed by atoms with Crippen LogP contribution in [0.2, 0.25) is 0 Å². The van der Waals surface area contributed by atoms with Crippen LogP contribution in [0.1, 0.15) is 0 Å². The minimum atomic E-state index is 0. The Morgan fingerprint density at radius 1 is 0.625 bits per heavy atom. The fourth-order valence-electron chi connectivity index (χ4n) is 0. The molecule has 38 valence electrons. The first kappa shape index (κ1) is 47.6. The summed E-state index contributed by atoms with van der Waals surface area (Å²) in [6.45, 7) is 9.00. The Labute approximate surface area is 114 Å². The van der Waals surface area contributed by atoms with Gasteiger partial charge >= 0.3 is 59.1 Å². The van der Waals surface area contributed by atoms with Gasteiger partial charge in [0.2, 0.25) is 0 Å². The zero-order valence-corrected chi connectivity index (χ0v) is 10.7. The van der Waals surface area contributed by atoms with E-state index in [2.05, 4.69) is 13.6 Å². The number of rotatable bonds is 0. The maximum absolute atomic E-state index is 7.50. The van der Waals surface area contributed by atoms with Crippen molar-refractivity contribution in [2.24, 2.45) is 0 Å². The van der Waals surface area contributed by atoms with Gasteiger partial charge in [-0.25, -0.2) is 0 Å². The summed E-state index contributed by atoms with van der Waals surface area (Å²) in [6.07, 6.45) is 0. The van der Waals surface area contributed by atoms with E-state index in [1.54, 1.807) is 0 Å². The normalized spacial score (nSPS) is 1.00. The number of carbonyl (C=O) groups excluding carboxylic acids is 2. The van der Waals surface area contributed by atoms with Crippen molar-refractivity contribution < 1.29 is 103 Å². The first-order chi connectivity index (χ1) is 2.00. The molecule has 0 aliphatic heterocycles. The first-order valence-electron chi connectivity index (χ1n) is 0.408. The van der Waals surface area contributed by atoms with E-state index in [-0.39, 0.29) is 93.3 Å². The molecule has 6 radical (unpaired) electrons. The Hall–Kier alpha value is 2.38. The largest absolute Gasteiger partial charge is 1.00 e. The van der Waals surface area contributed by atoms with Gasteiger partial charge in [-0.1, -0.05) is 0 Å². The SMILES string of the molecule is [C]=O.[C]=O.[Fe-].[Fe-].[Na+].[Na+]. The summed E-state index contributed by atoms with van der Waals surface area (Å²) in [5, 5.41) is 0. The summed E-state index contributed by atoms with van der Waals surface area (Å²) in [6, 6.07) is 0. The third-order valence-electron chi connectivity index (χ3n) is 0. The van der Waals surface area contributed by atoms with Gasteiger partial charge < -0.3 is 34.1 Å². The third-order valence-corrected chi connectivity index (χ3v) is 0. The second kappa shape index (κ2) is 116. The van der Waals surface area contributed by atoms with Crippen LogP contribution in [0.5, 0.6) is 0 Å². The molecule has 0 saturated heterocycles. The maximum Gasteiger partial charge on any atom is 1.00 e. The standard InChI is InChI=1S/2CO.2Fe.2Na/c2*1-2;;;;/q;;2*-1;2*+1. The third kappa shape index (κ3) is 80.6. The molecule has 0 saturated carbocycles. The molecule has 6 heteroatoms. The van der Waals surface area contributed by atoms with Crippen molar-refractivity contribution in [2.75, 3.05) is 0 Å². The maximum atomic E-state index is 7.50. The van der Waals surface area contributed by atoms with Crippen molar-refractivity contribution in [2.45, 2.75) is 0 Å². The predicted octanol–water partition coefficient (Wildman–Crippen LogP) is -6.79. The van der Waals surface area contributed by atoms with Crippen LogP contribution in [0.15, 0.2) is 0 Å². The molecule has 0 aromatic rings. The zero-order chi connectivity index (χ0) is 4.00. The van der Waals surface area contributed by atoms with E-state index < -0.39 is 0 Å². The summed E-state index contributed by atoms with van der Waals surface area (Å²) in [5.41, 5.74) is 0. The van der Waals surface area contributed by atoms with Crippen molar-refractivity contribution in [1.29, 1.82) is 0 Å². The second-order valence-corrected chi connectivity index (χ2v) is 0. The van der Waals surface area contributed by atoms with E-state index in [1.165, 1.54) is 0 Å². The van der Waals surface area contributed by atoms with Gasteiger partial charge in [0.25, 0.3) is 13.6 Å². The van der Waals surface area contributed by atoms with Gasteiger partial charge in [-0.3, -0.25) is 9.59 Å². The van der Waals surface area contributed by atoms with Crippen molar-refractivity contribution in [1.82, 2.24) is 0 Å². The molecule has 0 unspecified atom stereocenters. The van der Waals surface area contributed by atoms with E-state index in [9.17, 15) is 0 Å². The van der Waals surface area contributed by atoms with Crippen molar-refractivity contribution in [3.8, 4) is 0 Å². The van der Waals surface area contributed by atoms with Gasteiger partial charge in [-0.2, -0.15) is 0 Å². The van der Waals surface area contributed by atoms with Crippen molar-refractivity contribution in [3.05, 3.63) is 0 Å². The van der Waals surface area contributed by atoms with Crippen molar-refractivity contribution in [3.63, 3.8) is 0 Å². The van der Waals surface area contributed by atoms with Crippen LogP contribution in [0.25, 0.3) is 0 Å². The molecule has 0 aliphatic carbocycles. The molecule has 0 aromatic carbocycles. The molecule has 0 aromatic heterocycles. The fourth-order valence-corrected chi connectivity index (χ4v) is 0. The molecule has 0 amide bonds. The average molecular weight is 214 g/mol. The second-order valence-electron chi connectivity index (χ2n) is 0. The Bertz CT molecular complexity index is 18.0. The smallest absolute Gasteiger partial charge is 1.00 e. The van der Waals surface area contributed by atoms with E-state index in [1.807, 2.05) is 0 Å². The topological polar surface area (TPSA) is 34.1 Å². The minimum absolute atomic E-state index is 0. The summed E-state index contributed by atoms with van der Waals surface area (Å²) in [5.74, 6) is 0. The summed E-state index contributed by atoms with van der Waals surface area (Å²) in [7, 11) is 0. The molecule has 0 spiro atoms. The molecule has 0 heterocycles. The molecule has 8 heavy (non-hydrogen) atoms. The molecule has 0 atom stereocenters. The van der Waals surface area contributed by atoms with Crippen LogP contribution < -0.4 is 59.1 Å². The molecule has 0 rings (SSSR count). The summed E-state index contributed by atoms with van der Waals surface area (Å²) < 4.78 is 0.